The third-order valence-corrected chi connectivity index (χ3v) is 2.70. The molecule has 0 aromatic carbocycles. The Kier molecular flexibility index (Phi) is 3.71. The van der Waals surface area contributed by atoms with E-state index in [-0.39, 0.29) is 5.54 Å². The molecule has 0 radical (unpaired) electrons. The molecule has 0 heterocycles. The molecular formula is C10H22N2O. The molecule has 13 heavy (non-hydrogen) atoms. The van der Waals surface area contributed by atoms with Gasteiger partial charge in [-0.3, -0.25) is 0 Å². The summed E-state index contributed by atoms with van der Waals surface area (Å²) in [5, 5.41) is 3.56. The maximum atomic E-state index is 5.84. The van der Waals surface area contributed by atoms with Crippen molar-refractivity contribution in [3.05, 3.63) is 0 Å². The number of methoxy groups -OCH3 is 1. The lowest BCUT2D eigenvalue weighted by atomic mass is 9.93. The van der Waals surface area contributed by atoms with E-state index in [4.69, 9.17) is 10.5 Å². The van der Waals surface area contributed by atoms with Crippen LogP contribution in [0, 0.1) is 5.92 Å². The summed E-state index contributed by atoms with van der Waals surface area (Å²) in [5.41, 5.74) is 5.87. The Morgan fingerprint density at radius 3 is 2.46 bits per heavy atom. The van der Waals surface area contributed by atoms with Crippen LogP contribution in [0.2, 0.25) is 0 Å². The van der Waals surface area contributed by atoms with E-state index in [2.05, 4.69) is 19.2 Å². The van der Waals surface area contributed by atoms with E-state index in [1.54, 1.807) is 7.11 Å². The molecule has 1 fully saturated rings. The zero-order valence-electron chi connectivity index (χ0n) is 8.97. The van der Waals surface area contributed by atoms with Crippen molar-refractivity contribution in [2.45, 2.75) is 38.3 Å². The van der Waals surface area contributed by atoms with Crippen LogP contribution in [0.5, 0.6) is 0 Å². The lowest BCUT2D eigenvalue weighted by Crippen LogP contribution is -2.58. The van der Waals surface area contributed by atoms with Gasteiger partial charge in [0, 0.05) is 19.7 Å². The minimum absolute atomic E-state index is 0.0307. The normalized spacial score (nSPS) is 21.9. The highest BCUT2D eigenvalue weighted by Gasteiger charge is 2.44. The van der Waals surface area contributed by atoms with Crippen molar-refractivity contribution in [2.75, 3.05) is 20.3 Å². The maximum absolute atomic E-state index is 5.84. The number of ether oxygens (including phenoxy) is 1. The summed E-state index contributed by atoms with van der Waals surface area (Å²) >= 11 is 0. The first kappa shape index (κ1) is 11.0. The number of rotatable bonds is 6. The van der Waals surface area contributed by atoms with E-state index in [0.29, 0.717) is 12.6 Å². The molecule has 1 atom stereocenters. The van der Waals surface area contributed by atoms with Crippen molar-refractivity contribution >= 4 is 0 Å². The van der Waals surface area contributed by atoms with E-state index in [1.165, 1.54) is 12.8 Å². The van der Waals surface area contributed by atoms with Crippen LogP contribution in [0.4, 0.5) is 0 Å². The third-order valence-electron chi connectivity index (χ3n) is 2.70. The summed E-state index contributed by atoms with van der Waals surface area (Å²) < 4.78 is 5.26. The minimum atomic E-state index is 0.0307. The molecule has 3 nitrogen and oxygen atoms in total. The van der Waals surface area contributed by atoms with Gasteiger partial charge in [-0.05, 0) is 18.8 Å². The van der Waals surface area contributed by atoms with Crippen molar-refractivity contribution in [1.29, 1.82) is 0 Å². The number of hydrogen-bond donors (Lipinski definition) is 2. The van der Waals surface area contributed by atoms with Gasteiger partial charge in [0.05, 0.1) is 12.1 Å². The van der Waals surface area contributed by atoms with Crippen molar-refractivity contribution in [3.63, 3.8) is 0 Å². The standard InChI is InChI=1S/C10H22N2O/c1-8(2)12-10(6-11,7-13-3)9-4-5-9/h8-9,12H,4-7,11H2,1-3H3. The van der Waals surface area contributed by atoms with Crippen LogP contribution < -0.4 is 11.1 Å². The van der Waals surface area contributed by atoms with Crippen LogP contribution in [-0.2, 0) is 4.74 Å². The third kappa shape index (κ3) is 2.66. The van der Waals surface area contributed by atoms with E-state index in [1.807, 2.05) is 0 Å². The highest BCUT2D eigenvalue weighted by molar-refractivity contribution is 5.02. The summed E-state index contributed by atoms with van der Waals surface area (Å²) in [6.45, 7) is 5.71. The second kappa shape index (κ2) is 4.40. The summed E-state index contributed by atoms with van der Waals surface area (Å²) in [6.07, 6.45) is 2.58. The smallest absolute Gasteiger partial charge is 0.0659 e. The molecule has 1 saturated carbocycles. The Bertz CT molecular complexity index is 157. The van der Waals surface area contributed by atoms with E-state index in [9.17, 15) is 0 Å². The molecular weight excluding hydrogens is 164 g/mol. The van der Waals surface area contributed by atoms with Gasteiger partial charge in [-0.15, -0.1) is 0 Å². The Labute approximate surface area is 81.0 Å². The predicted octanol–water partition coefficient (Wildman–Crippen LogP) is 0.738. The molecule has 0 aromatic rings. The molecule has 0 aliphatic heterocycles. The summed E-state index contributed by atoms with van der Waals surface area (Å²) in [5.74, 6) is 0.722. The fourth-order valence-corrected chi connectivity index (χ4v) is 2.03. The predicted molar refractivity (Wildman–Crippen MR) is 54.7 cm³/mol. The average molecular weight is 186 g/mol. The molecule has 1 aliphatic carbocycles. The van der Waals surface area contributed by atoms with Gasteiger partial charge >= 0.3 is 0 Å². The fourth-order valence-electron chi connectivity index (χ4n) is 2.03. The van der Waals surface area contributed by atoms with Gasteiger partial charge in [0.2, 0.25) is 0 Å². The molecule has 1 rings (SSSR count). The highest BCUT2D eigenvalue weighted by atomic mass is 16.5. The quantitative estimate of drug-likeness (QED) is 0.643. The van der Waals surface area contributed by atoms with Crippen LogP contribution in [0.1, 0.15) is 26.7 Å². The second-order valence-corrected chi connectivity index (χ2v) is 4.37. The fraction of sp³-hybridized carbons (Fsp3) is 1.00. The average Bonchev–Trinajstić information content (AvgIpc) is 2.85. The van der Waals surface area contributed by atoms with Gasteiger partial charge in [-0.2, -0.15) is 0 Å². The topological polar surface area (TPSA) is 47.3 Å². The van der Waals surface area contributed by atoms with Crippen LogP contribution in [-0.4, -0.2) is 31.8 Å². The first-order valence-corrected chi connectivity index (χ1v) is 5.11. The van der Waals surface area contributed by atoms with Crippen LogP contribution in [0.3, 0.4) is 0 Å². The molecule has 78 valence electrons. The molecule has 0 saturated heterocycles. The summed E-state index contributed by atoms with van der Waals surface area (Å²) in [7, 11) is 1.74. The monoisotopic (exact) mass is 186 g/mol. The zero-order valence-corrected chi connectivity index (χ0v) is 8.97. The Morgan fingerprint density at radius 2 is 2.15 bits per heavy atom. The van der Waals surface area contributed by atoms with Crippen LogP contribution in [0.15, 0.2) is 0 Å². The first-order valence-electron chi connectivity index (χ1n) is 5.11. The summed E-state index contributed by atoms with van der Waals surface area (Å²) in [6, 6.07) is 0.472. The largest absolute Gasteiger partial charge is 0.383 e. The van der Waals surface area contributed by atoms with Crippen molar-refractivity contribution < 1.29 is 4.74 Å². The molecule has 0 amide bonds. The number of nitrogens with one attached hydrogen (secondary N) is 1. The van der Waals surface area contributed by atoms with Gasteiger partial charge in [0.1, 0.15) is 0 Å². The minimum Gasteiger partial charge on any atom is -0.383 e. The first-order chi connectivity index (χ1) is 6.14. The second-order valence-electron chi connectivity index (χ2n) is 4.37. The van der Waals surface area contributed by atoms with Gasteiger partial charge in [0.25, 0.3) is 0 Å². The van der Waals surface area contributed by atoms with Crippen molar-refractivity contribution in [2.24, 2.45) is 11.7 Å². The van der Waals surface area contributed by atoms with E-state index >= 15 is 0 Å². The van der Waals surface area contributed by atoms with Crippen molar-refractivity contribution in [3.8, 4) is 0 Å². The van der Waals surface area contributed by atoms with Gasteiger partial charge < -0.3 is 15.8 Å². The molecule has 3 N–H and O–H groups in total. The molecule has 0 spiro atoms. The number of nitrogens with two attached hydrogens (primary N) is 1. The molecule has 1 aliphatic rings. The summed E-state index contributed by atoms with van der Waals surface area (Å²) in [4.78, 5) is 0. The lowest BCUT2D eigenvalue weighted by molar-refractivity contribution is 0.0928. The van der Waals surface area contributed by atoms with Gasteiger partial charge in [0.15, 0.2) is 0 Å². The maximum Gasteiger partial charge on any atom is 0.0659 e. The Morgan fingerprint density at radius 1 is 1.54 bits per heavy atom. The van der Waals surface area contributed by atoms with E-state index < -0.39 is 0 Å². The number of hydrogen-bond acceptors (Lipinski definition) is 3. The lowest BCUT2D eigenvalue weighted by Gasteiger charge is -2.35. The van der Waals surface area contributed by atoms with E-state index in [0.717, 1.165) is 12.5 Å². The Balaban J connectivity index is 2.57. The molecule has 0 aromatic heterocycles. The molecule has 0 bridgehead atoms. The van der Waals surface area contributed by atoms with Crippen LogP contribution in [0.25, 0.3) is 0 Å². The molecule has 1 unspecified atom stereocenters. The van der Waals surface area contributed by atoms with Gasteiger partial charge in [-0.1, -0.05) is 13.8 Å². The molecule has 3 heteroatoms. The van der Waals surface area contributed by atoms with Crippen LogP contribution >= 0.6 is 0 Å². The van der Waals surface area contributed by atoms with Gasteiger partial charge in [-0.25, -0.2) is 0 Å². The highest BCUT2D eigenvalue weighted by Crippen LogP contribution is 2.39. The Hall–Kier alpha value is -0.120. The van der Waals surface area contributed by atoms with Crippen molar-refractivity contribution in [1.82, 2.24) is 5.32 Å². The zero-order chi connectivity index (χ0) is 9.90. The SMILES string of the molecule is COCC(CN)(NC(C)C)C1CC1.